The summed E-state index contributed by atoms with van der Waals surface area (Å²) in [4.78, 5) is 0. The van der Waals surface area contributed by atoms with Crippen LogP contribution in [0.5, 0.6) is 0 Å². The van der Waals surface area contributed by atoms with Crippen LogP contribution in [0.2, 0.25) is 0 Å². The van der Waals surface area contributed by atoms with E-state index in [1.54, 1.807) is 0 Å². The van der Waals surface area contributed by atoms with Gasteiger partial charge in [-0.15, -0.1) is 0 Å². The maximum Gasteiger partial charge on any atom is 0.240 e. The van der Waals surface area contributed by atoms with Crippen molar-refractivity contribution in [1.29, 1.82) is 0 Å². The Labute approximate surface area is 126 Å². The minimum Gasteiger partial charge on any atom is -0.372 e. The highest BCUT2D eigenvalue weighted by molar-refractivity contribution is 7.93. The molecule has 5 heteroatoms. The lowest BCUT2D eigenvalue weighted by molar-refractivity contribution is -0.163. The molecule has 1 N–H and O–H groups in total. The van der Waals surface area contributed by atoms with Gasteiger partial charge in [-0.1, -0.05) is 24.6 Å². The molecule has 1 spiro atoms. The van der Waals surface area contributed by atoms with Crippen molar-refractivity contribution >= 4 is 15.7 Å². The third-order valence-electron chi connectivity index (χ3n) is 4.92. The van der Waals surface area contributed by atoms with Gasteiger partial charge in [0.2, 0.25) is 10.0 Å². The predicted octanol–water partition coefficient (Wildman–Crippen LogP) is 3.08. The molecule has 3 rings (SSSR count). The van der Waals surface area contributed by atoms with Crippen LogP contribution in [0, 0.1) is 12.8 Å². The minimum atomic E-state index is -3.39. The molecule has 2 fully saturated rings. The van der Waals surface area contributed by atoms with E-state index in [0.29, 0.717) is 18.2 Å². The third-order valence-corrected chi connectivity index (χ3v) is 6.75. The van der Waals surface area contributed by atoms with Crippen LogP contribution in [0.25, 0.3) is 0 Å². The van der Waals surface area contributed by atoms with Crippen molar-refractivity contribution in [1.82, 2.24) is 0 Å². The molecule has 1 heterocycles. The summed E-state index contributed by atoms with van der Waals surface area (Å²) in [6.07, 6.45) is 3.81. The number of aryl methyl sites for hydroxylation is 1. The van der Waals surface area contributed by atoms with Gasteiger partial charge < -0.3 is 4.74 Å². The van der Waals surface area contributed by atoms with Gasteiger partial charge in [-0.25, -0.2) is 8.42 Å². The van der Waals surface area contributed by atoms with Gasteiger partial charge in [-0.3, -0.25) is 4.72 Å². The van der Waals surface area contributed by atoms with Gasteiger partial charge >= 0.3 is 0 Å². The summed E-state index contributed by atoms with van der Waals surface area (Å²) in [6, 6.07) is 7.43. The molecule has 1 aromatic carbocycles. The molecule has 0 aromatic heterocycles. The first-order valence-electron chi connectivity index (χ1n) is 7.64. The lowest BCUT2D eigenvalue weighted by Gasteiger charge is -2.51. The highest BCUT2D eigenvalue weighted by Gasteiger charge is 2.55. The van der Waals surface area contributed by atoms with E-state index in [1.165, 1.54) is 0 Å². The second-order valence-electron chi connectivity index (χ2n) is 6.56. The van der Waals surface area contributed by atoms with E-state index in [0.717, 1.165) is 31.2 Å². The summed E-state index contributed by atoms with van der Waals surface area (Å²) in [6.45, 7) is 4.52. The number of benzene rings is 1. The number of rotatable bonds is 3. The summed E-state index contributed by atoms with van der Waals surface area (Å²) in [5, 5.41) is -0.418. The summed E-state index contributed by atoms with van der Waals surface area (Å²) >= 11 is 0. The molecule has 1 atom stereocenters. The lowest BCUT2D eigenvalue weighted by atomic mass is 9.75. The average Bonchev–Trinajstić information content (AvgIpc) is 2.40. The lowest BCUT2D eigenvalue weighted by Crippen LogP contribution is -2.63. The van der Waals surface area contributed by atoms with Crippen LogP contribution >= 0.6 is 0 Å². The van der Waals surface area contributed by atoms with Gasteiger partial charge in [-0.2, -0.15) is 0 Å². The molecule has 4 nitrogen and oxygen atoms in total. The quantitative estimate of drug-likeness (QED) is 0.933. The fourth-order valence-corrected chi connectivity index (χ4v) is 5.06. The maximum absolute atomic E-state index is 12.6. The van der Waals surface area contributed by atoms with Crippen LogP contribution in [-0.2, 0) is 14.8 Å². The Bertz CT molecular complexity index is 601. The molecule has 1 aromatic rings. The largest absolute Gasteiger partial charge is 0.372 e. The first-order valence-corrected chi connectivity index (χ1v) is 9.18. The summed E-state index contributed by atoms with van der Waals surface area (Å²) in [7, 11) is -3.39. The Hall–Kier alpha value is -1.07. The monoisotopic (exact) mass is 309 g/mol. The Kier molecular flexibility index (Phi) is 3.74. The zero-order valence-corrected chi connectivity index (χ0v) is 13.4. The van der Waals surface area contributed by atoms with Gasteiger partial charge in [0.1, 0.15) is 5.25 Å². The van der Waals surface area contributed by atoms with Crippen molar-refractivity contribution in [3.05, 3.63) is 29.8 Å². The van der Waals surface area contributed by atoms with E-state index in [-0.39, 0.29) is 0 Å². The highest BCUT2D eigenvalue weighted by Crippen LogP contribution is 2.45. The Balaban J connectivity index is 1.74. The minimum absolute atomic E-state index is 0.315. The Morgan fingerprint density at radius 3 is 2.33 bits per heavy atom. The van der Waals surface area contributed by atoms with Gasteiger partial charge in [0.15, 0.2) is 0 Å². The molecule has 21 heavy (non-hydrogen) atoms. The van der Waals surface area contributed by atoms with Gasteiger partial charge in [0.05, 0.1) is 12.2 Å². The van der Waals surface area contributed by atoms with Gasteiger partial charge in [0.25, 0.3) is 0 Å². The number of anilines is 1. The molecule has 0 radical (unpaired) electrons. The fraction of sp³-hybridized carbons (Fsp3) is 0.625. The third kappa shape index (κ3) is 2.81. The first kappa shape index (κ1) is 14.9. The van der Waals surface area contributed by atoms with Crippen molar-refractivity contribution in [2.24, 2.45) is 5.92 Å². The number of nitrogens with one attached hydrogen (secondary N) is 1. The zero-order valence-electron chi connectivity index (χ0n) is 12.6. The van der Waals surface area contributed by atoms with Crippen LogP contribution < -0.4 is 4.72 Å². The van der Waals surface area contributed by atoms with E-state index >= 15 is 0 Å². The zero-order chi connectivity index (χ0) is 15.1. The highest BCUT2D eigenvalue weighted by atomic mass is 32.2. The second kappa shape index (κ2) is 5.29. The van der Waals surface area contributed by atoms with Gasteiger partial charge in [0, 0.05) is 5.69 Å². The molecule has 1 saturated heterocycles. The first-order chi connectivity index (χ1) is 9.91. The fourth-order valence-electron chi connectivity index (χ4n) is 3.33. The Morgan fingerprint density at radius 2 is 1.81 bits per heavy atom. The average molecular weight is 309 g/mol. The van der Waals surface area contributed by atoms with E-state index < -0.39 is 20.9 Å². The van der Waals surface area contributed by atoms with Gasteiger partial charge in [-0.05, 0) is 50.7 Å². The second-order valence-corrected chi connectivity index (χ2v) is 8.42. The number of hydrogen-bond acceptors (Lipinski definition) is 3. The molecule has 1 saturated carbocycles. The van der Waals surface area contributed by atoms with Crippen molar-refractivity contribution in [2.75, 3.05) is 11.3 Å². The molecule has 0 amide bonds. The molecule has 2 aliphatic rings. The molecule has 116 valence electrons. The molecule has 1 unspecified atom stereocenters. The molecular weight excluding hydrogens is 286 g/mol. The SMILES string of the molecule is Cc1ccc(NS(=O)(=O)C2COC23CCC(C)CC3)cc1. The molecule has 0 bridgehead atoms. The van der Waals surface area contributed by atoms with Crippen LogP contribution in [0.15, 0.2) is 24.3 Å². The van der Waals surface area contributed by atoms with Crippen LogP contribution in [0.3, 0.4) is 0 Å². The predicted molar refractivity (Wildman–Crippen MR) is 83.8 cm³/mol. The van der Waals surface area contributed by atoms with Crippen LogP contribution in [-0.4, -0.2) is 25.9 Å². The van der Waals surface area contributed by atoms with Crippen LogP contribution in [0.4, 0.5) is 5.69 Å². The van der Waals surface area contributed by atoms with E-state index in [1.807, 2.05) is 31.2 Å². The number of ether oxygens (including phenoxy) is 1. The van der Waals surface area contributed by atoms with Crippen molar-refractivity contribution in [3.63, 3.8) is 0 Å². The van der Waals surface area contributed by atoms with E-state index in [4.69, 9.17) is 4.74 Å². The van der Waals surface area contributed by atoms with E-state index in [9.17, 15) is 8.42 Å². The van der Waals surface area contributed by atoms with Crippen molar-refractivity contribution in [2.45, 2.75) is 50.4 Å². The number of hydrogen-bond donors (Lipinski definition) is 1. The normalized spacial score (nSPS) is 32.7. The summed E-state index contributed by atoms with van der Waals surface area (Å²) in [5.74, 6) is 0.674. The summed E-state index contributed by atoms with van der Waals surface area (Å²) < 4.78 is 33.7. The standard InChI is InChI=1S/C16H23NO3S/c1-12-3-5-14(6-4-12)17-21(18,19)15-11-20-16(15)9-7-13(2)8-10-16/h3-6,13,15,17H,7-11H2,1-2H3. The number of sulfonamides is 1. The summed E-state index contributed by atoms with van der Waals surface area (Å²) in [5.41, 5.74) is 1.30. The maximum atomic E-state index is 12.6. The Morgan fingerprint density at radius 1 is 1.19 bits per heavy atom. The van der Waals surface area contributed by atoms with E-state index in [2.05, 4.69) is 11.6 Å². The molecule has 1 aliphatic carbocycles. The van der Waals surface area contributed by atoms with Crippen molar-refractivity contribution in [3.8, 4) is 0 Å². The topological polar surface area (TPSA) is 55.4 Å². The van der Waals surface area contributed by atoms with Crippen LogP contribution in [0.1, 0.15) is 38.2 Å². The van der Waals surface area contributed by atoms with Crippen molar-refractivity contribution < 1.29 is 13.2 Å². The molecular formula is C16H23NO3S. The molecule has 1 aliphatic heterocycles. The smallest absolute Gasteiger partial charge is 0.240 e.